The van der Waals surface area contributed by atoms with Crippen LogP contribution in [0.1, 0.15) is 37.8 Å². The van der Waals surface area contributed by atoms with E-state index in [0.717, 1.165) is 6.42 Å². The summed E-state index contributed by atoms with van der Waals surface area (Å²) in [5.74, 6) is -0.727. The molecular weight excluding hydrogens is 226 g/mol. The molecule has 1 aromatic carbocycles. The lowest BCUT2D eigenvalue weighted by Gasteiger charge is -2.20. The van der Waals surface area contributed by atoms with Crippen LogP contribution in [-0.4, -0.2) is 23.2 Å². The number of carbonyl (C=O) groups is 1. The van der Waals surface area contributed by atoms with Crippen LogP contribution in [0.25, 0.3) is 0 Å². The summed E-state index contributed by atoms with van der Waals surface area (Å²) < 4.78 is 0. The Labute approximate surface area is 109 Å². The number of hydrogen-bond acceptors (Lipinski definition) is 2. The van der Waals surface area contributed by atoms with Gasteiger partial charge in [-0.2, -0.15) is 0 Å². The summed E-state index contributed by atoms with van der Waals surface area (Å²) in [4.78, 5) is 10.5. The van der Waals surface area contributed by atoms with E-state index in [1.165, 1.54) is 11.1 Å². The van der Waals surface area contributed by atoms with Crippen LogP contribution in [-0.2, 0) is 11.2 Å². The largest absolute Gasteiger partial charge is 0.481 e. The molecule has 3 heteroatoms. The van der Waals surface area contributed by atoms with Gasteiger partial charge in [0.15, 0.2) is 0 Å². The fourth-order valence-corrected chi connectivity index (χ4v) is 2.14. The van der Waals surface area contributed by atoms with Gasteiger partial charge in [0, 0.05) is 18.5 Å². The Morgan fingerprint density at radius 3 is 2.56 bits per heavy atom. The predicted molar refractivity (Wildman–Crippen MR) is 73.8 cm³/mol. The average molecular weight is 249 g/mol. The fourth-order valence-electron chi connectivity index (χ4n) is 2.14. The molecule has 0 bridgehead atoms. The van der Waals surface area contributed by atoms with Gasteiger partial charge < -0.3 is 10.4 Å². The van der Waals surface area contributed by atoms with Crippen LogP contribution < -0.4 is 5.32 Å². The molecule has 0 aliphatic heterocycles. The zero-order chi connectivity index (χ0) is 13.5. The summed E-state index contributed by atoms with van der Waals surface area (Å²) in [5.41, 5.74) is 2.66. The Morgan fingerprint density at radius 1 is 1.28 bits per heavy atom. The van der Waals surface area contributed by atoms with Crippen molar-refractivity contribution in [3.8, 4) is 0 Å². The van der Waals surface area contributed by atoms with Crippen LogP contribution in [0.5, 0.6) is 0 Å². The minimum Gasteiger partial charge on any atom is -0.481 e. The zero-order valence-corrected chi connectivity index (χ0v) is 11.4. The first kappa shape index (κ1) is 14.7. The molecule has 0 fully saturated rings. The number of hydrogen-bond donors (Lipinski definition) is 2. The van der Waals surface area contributed by atoms with Crippen molar-refractivity contribution in [3.63, 3.8) is 0 Å². The van der Waals surface area contributed by atoms with Crippen molar-refractivity contribution in [2.75, 3.05) is 0 Å². The highest BCUT2D eigenvalue weighted by molar-refractivity contribution is 5.66. The third kappa shape index (κ3) is 5.32. The van der Waals surface area contributed by atoms with Gasteiger partial charge in [0.05, 0.1) is 0 Å². The predicted octanol–water partition coefficient (Wildman–Crippen LogP) is 2.77. The number of carboxylic acids is 1. The monoisotopic (exact) mass is 249 g/mol. The molecule has 0 aromatic heterocycles. The van der Waals surface area contributed by atoms with E-state index in [1.54, 1.807) is 0 Å². The third-order valence-corrected chi connectivity index (χ3v) is 3.15. The Morgan fingerprint density at radius 2 is 1.94 bits per heavy atom. The van der Waals surface area contributed by atoms with Crippen LogP contribution in [0, 0.1) is 6.92 Å². The minimum atomic E-state index is -0.727. The maximum Gasteiger partial charge on any atom is 0.303 e. The normalized spacial score (nSPS) is 14.2. The van der Waals surface area contributed by atoms with E-state index in [0.29, 0.717) is 12.5 Å². The molecule has 0 aliphatic rings. The second kappa shape index (κ2) is 7.17. The molecule has 0 spiro atoms. The van der Waals surface area contributed by atoms with Gasteiger partial charge in [-0.15, -0.1) is 0 Å². The van der Waals surface area contributed by atoms with Gasteiger partial charge in [-0.25, -0.2) is 0 Å². The topological polar surface area (TPSA) is 49.3 Å². The molecule has 0 saturated heterocycles. The van der Waals surface area contributed by atoms with Crippen molar-refractivity contribution in [2.24, 2.45) is 0 Å². The molecule has 2 atom stereocenters. The van der Waals surface area contributed by atoms with Crippen LogP contribution >= 0.6 is 0 Å². The third-order valence-electron chi connectivity index (χ3n) is 3.15. The van der Waals surface area contributed by atoms with Crippen LogP contribution in [0.3, 0.4) is 0 Å². The maximum absolute atomic E-state index is 10.5. The summed E-state index contributed by atoms with van der Waals surface area (Å²) in [7, 11) is 0. The van der Waals surface area contributed by atoms with Crippen molar-refractivity contribution >= 4 is 5.97 Å². The van der Waals surface area contributed by atoms with E-state index in [2.05, 4.69) is 37.4 Å². The first-order valence-electron chi connectivity index (χ1n) is 6.51. The molecule has 3 nitrogen and oxygen atoms in total. The molecule has 18 heavy (non-hydrogen) atoms. The standard InChI is InChI=1S/C15H23NO2/c1-11-6-4-5-7-14(11)10-13(3)16-12(2)8-9-15(17)18/h4-7,12-13,16H,8-10H2,1-3H3,(H,17,18). The maximum atomic E-state index is 10.5. The highest BCUT2D eigenvalue weighted by Gasteiger charge is 2.10. The number of benzene rings is 1. The van der Waals surface area contributed by atoms with Crippen LogP contribution in [0.4, 0.5) is 0 Å². The number of aryl methyl sites for hydroxylation is 1. The van der Waals surface area contributed by atoms with E-state index in [9.17, 15) is 4.79 Å². The van der Waals surface area contributed by atoms with Gasteiger partial charge in [0.25, 0.3) is 0 Å². The van der Waals surface area contributed by atoms with Gasteiger partial charge in [-0.1, -0.05) is 24.3 Å². The smallest absolute Gasteiger partial charge is 0.303 e. The summed E-state index contributed by atoms with van der Waals surface area (Å²) >= 11 is 0. The molecule has 2 unspecified atom stereocenters. The highest BCUT2D eigenvalue weighted by atomic mass is 16.4. The zero-order valence-electron chi connectivity index (χ0n) is 11.4. The van der Waals surface area contributed by atoms with E-state index in [-0.39, 0.29) is 12.5 Å². The van der Waals surface area contributed by atoms with Gasteiger partial charge in [0.1, 0.15) is 0 Å². The number of rotatable bonds is 7. The number of carboxylic acid groups (broad SMARTS) is 1. The molecule has 0 heterocycles. The summed E-state index contributed by atoms with van der Waals surface area (Å²) in [6.07, 6.45) is 1.88. The Hall–Kier alpha value is -1.35. The first-order valence-corrected chi connectivity index (χ1v) is 6.51. The quantitative estimate of drug-likeness (QED) is 0.781. The van der Waals surface area contributed by atoms with E-state index in [1.807, 2.05) is 13.0 Å². The molecule has 100 valence electrons. The van der Waals surface area contributed by atoms with Crippen molar-refractivity contribution in [2.45, 2.75) is 52.1 Å². The summed E-state index contributed by atoms with van der Waals surface area (Å²) in [6, 6.07) is 8.97. The second-order valence-corrected chi connectivity index (χ2v) is 5.03. The lowest BCUT2D eigenvalue weighted by molar-refractivity contribution is -0.137. The fraction of sp³-hybridized carbons (Fsp3) is 0.533. The van der Waals surface area contributed by atoms with Gasteiger partial charge in [-0.3, -0.25) is 4.79 Å². The highest BCUT2D eigenvalue weighted by Crippen LogP contribution is 2.10. The molecule has 0 radical (unpaired) electrons. The Kier molecular flexibility index (Phi) is 5.86. The van der Waals surface area contributed by atoms with E-state index < -0.39 is 5.97 Å². The van der Waals surface area contributed by atoms with Crippen molar-refractivity contribution < 1.29 is 9.90 Å². The minimum absolute atomic E-state index is 0.227. The van der Waals surface area contributed by atoms with Gasteiger partial charge in [-0.05, 0) is 44.7 Å². The molecule has 1 aromatic rings. The average Bonchev–Trinajstić information content (AvgIpc) is 2.29. The number of nitrogens with one attached hydrogen (secondary N) is 1. The van der Waals surface area contributed by atoms with Crippen LogP contribution in [0.2, 0.25) is 0 Å². The van der Waals surface area contributed by atoms with E-state index >= 15 is 0 Å². The lowest BCUT2D eigenvalue weighted by Crippen LogP contribution is -2.36. The first-order chi connectivity index (χ1) is 8.49. The SMILES string of the molecule is Cc1ccccc1CC(C)NC(C)CCC(=O)O. The molecule has 2 N–H and O–H groups in total. The van der Waals surface area contributed by atoms with E-state index in [4.69, 9.17) is 5.11 Å². The van der Waals surface area contributed by atoms with Crippen molar-refractivity contribution in [3.05, 3.63) is 35.4 Å². The lowest BCUT2D eigenvalue weighted by atomic mass is 10.0. The van der Waals surface area contributed by atoms with Crippen molar-refractivity contribution in [1.82, 2.24) is 5.32 Å². The second-order valence-electron chi connectivity index (χ2n) is 5.03. The van der Waals surface area contributed by atoms with Gasteiger partial charge in [0.2, 0.25) is 0 Å². The molecular formula is C15H23NO2. The summed E-state index contributed by atoms with van der Waals surface area (Å²) in [6.45, 7) is 6.30. The van der Waals surface area contributed by atoms with Crippen molar-refractivity contribution in [1.29, 1.82) is 0 Å². The Bertz CT molecular complexity index is 390. The molecule has 0 aliphatic carbocycles. The van der Waals surface area contributed by atoms with Crippen LogP contribution in [0.15, 0.2) is 24.3 Å². The van der Waals surface area contributed by atoms with Gasteiger partial charge >= 0.3 is 5.97 Å². The summed E-state index contributed by atoms with van der Waals surface area (Å²) in [5, 5.41) is 12.1. The molecule has 1 rings (SSSR count). The number of aliphatic carboxylic acids is 1. The molecule has 0 saturated carbocycles. The Balaban J connectivity index is 2.39. The molecule has 0 amide bonds.